The van der Waals surface area contributed by atoms with E-state index in [-0.39, 0.29) is 18.1 Å². The molecule has 1 aliphatic rings. The summed E-state index contributed by atoms with van der Waals surface area (Å²) in [5.74, 6) is -1.90. The van der Waals surface area contributed by atoms with Crippen molar-refractivity contribution in [2.75, 3.05) is 13.1 Å². The number of halogens is 3. The van der Waals surface area contributed by atoms with Gasteiger partial charge >= 0.3 is 18.2 Å². The molecule has 2 rings (SSSR count). The number of nitrogens with two attached hydrogens (primary N) is 1. The van der Waals surface area contributed by atoms with Gasteiger partial charge < -0.3 is 20.5 Å². The fraction of sp³-hybridized carbons (Fsp3) is 0.692. The van der Waals surface area contributed by atoms with Gasteiger partial charge in [-0.2, -0.15) is 18.3 Å². The minimum absolute atomic E-state index is 0.200. The van der Waals surface area contributed by atoms with E-state index < -0.39 is 17.7 Å². The molecule has 1 atom stereocenters. The number of nitrogens with zero attached hydrogens (tertiary/aromatic N) is 3. The van der Waals surface area contributed by atoms with E-state index >= 15 is 0 Å². The fourth-order valence-electron chi connectivity index (χ4n) is 1.81. The first-order valence-corrected chi connectivity index (χ1v) is 7.20. The maximum Gasteiger partial charge on any atom is 0.490 e. The van der Waals surface area contributed by atoms with Crippen molar-refractivity contribution in [2.45, 2.75) is 38.6 Å². The number of alkyl halides is 3. The van der Waals surface area contributed by atoms with E-state index in [1.54, 1.807) is 4.90 Å². The van der Waals surface area contributed by atoms with E-state index in [1.807, 2.05) is 20.8 Å². The molecule has 1 amide bonds. The summed E-state index contributed by atoms with van der Waals surface area (Å²) in [6, 6.07) is -0.216. The number of carbonyl (C=O) groups excluding carboxylic acids is 1. The van der Waals surface area contributed by atoms with Crippen LogP contribution in [0, 0.1) is 5.92 Å². The number of amides is 1. The van der Waals surface area contributed by atoms with Gasteiger partial charge in [-0.05, 0) is 20.8 Å². The van der Waals surface area contributed by atoms with Crippen LogP contribution < -0.4 is 5.73 Å². The Morgan fingerprint density at radius 3 is 2.28 bits per heavy atom. The van der Waals surface area contributed by atoms with Crippen LogP contribution in [0.4, 0.5) is 18.0 Å². The Balaban J connectivity index is 0.000000381. The van der Waals surface area contributed by atoms with Crippen LogP contribution in [0.15, 0.2) is 6.33 Å². The lowest BCUT2D eigenvalue weighted by molar-refractivity contribution is -0.192. The number of aromatic nitrogens is 3. The highest BCUT2D eigenvalue weighted by Gasteiger charge is 2.39. The summed E-state index contributed by atoms with van der Waals surface area (Å²) in [7, 11) is 0. The lowest BCUT2D eigenvalue weighted by atomic mass is 9.92. The molecule has 0 aliphatic carbocycles. The highest BCUT2D eigenvalue weighted by atomic mass is 19.4. The van der Waals surface area contributed by atoms with Gasteiger partial charge in [0.1, 0.15) is 17.8 Å². The van der Waals surface area contributed by atoms with Crippen molar-refractivity contribution in [3.63, 3.8) is 0 Å². The number of carboxylic acids is 1. The molecule has 25 heavy (non-hydrogen) atoms. The third-order valence-corrected chi connectivity index (χ3v) is 3.06. The summed E-state index contributed by atoms with van der Waals surface area (Å²) >= 11 is 0. The zero-order chi connectivity index (χ0) is 19.4. The zero-order valence-corrected chi connectivity index (χ0v) is 13.9. The number of carboxylic acid groups (broad SMARTS) is 1. The van der Waals surface area contributed by atoms with Crippen LogP contribution in [0.5, 0.6) is 0 Å². The summed E-state index contributed by atoms with van der Waals surface area (Å²) in [6.07, 6.45) is -3.94. The van der Waals surface area contributed by atoms with Crippen molar-refractivity contribution in [1.29, 1.82) is 0 Å². The van der Waals surface area contributed by atoms with Gasteiger partial charge in [0.05, 0.1) is 6.04 Å². The monoisotopic (exact) mass is 367 g/mol. The van der Waals surface area contributed by atoms with Crippen molar-refractivity contribution >= 4 is 12.1 Å². The van der Waals surface area contributed by atoms with Crippen molar-refractivity contribution in [2.24, 2.45) is 11.7 Å². The Labute approximate surface area is 141 Å². The number of aromatic amines is 1. The molecule has 1 aliphatic heterocycles. The second-order valence-electron chi connectivity index (χ2n) is 6.34. The Hall–Kier alpha value is -2.37. The number of nitrogens with one attached hydrogen (secondary N) is 1. The highest BCUT2D eigenvalue weighted by Crippen LogP contribution is 2.27. The molecule has 1 unspecified atom stereocenters. The molecule has 12 heteroatoms. The molecule has 1 saturated heterocycles. The van der Waals surface area contributed by atoms with Crippen molar-refractivity contribution in [1.82, 2.24) is 20.1 Å². The lowest BCUT2D eigenvalue weighted by Gasteiger charge is -2.41. The average molecular weight is 367 g/mol. The Morgan fingerprint density at radius 1 is 1.40 bits per heavy atom. The van der Waals surface area contributed by atoms with Crippen LogP contribution in [-0.4, -0.2) is 62.1 Å². The van der Waals surface area contributed by atoms with E-state index in [2.05, 4.69) is 15.2 Å². The number of hydrogen-bond donors (Lipinski definition) is 3. The molecule has 142 valence electrons. The number of carbonyl (C=O) groups is 2. The van der Waals surface area contributed by atoms with Crippen molar-refractivity contribution in [3.8, 4) is 0 Å². The first-order valence-electron chi connectivity index (χ1n) is 7.20. The molecular weight excluding hydrogens is 347 g/mol. The van der Waals surface area contributed by atoms with Crippen LogP contribution in [0.1, 0.15) is 32.6 Å². The second kappa shape index (κ2) is 7.68. The molecule has 1 aromatic heterocycles. The minimum atomic E-state index is -5.08. The molecule has 4 N–H and O–H groups in total. The predicted octanol–water partition coefficient (Wildman–Crippen LogP) is 1.30. The number of likely N-dealkylation sites (tertiary alicyclic amines) is 1. The number of ether oxygens (including phenoxy) is 1. The predicted molar refractivity (Wildman–Crippen MR) is 78.3 cm³/mol. The largest absolute Gasteiger partial charge is 0.490 e. The third-order valence-electron chi connectivity index (χ3n) is 3.06. The smallest absolute Gasteiger partial charge is 0.475 e. The molecule has 1 fully saturated rings. The quantitative estimate of drug-likeness (QED) is 0.717. The van der Waals surface area contributed by atoms with Crippen LogP contribution >= 0.6 is 0 Å². The maximum atomic E-state index is 11.7. The molecular formula is C13H20F3N5O4. The molecule has 0 radical (unpaired) electrons. The van der Waals surface area contributed by atoms with Gasteiger partial charge in [-0.15, -0.1) is 0 Å². The van der Waals surface area contributed by atoms with Crippen LogP contribution in [-0.2, 0) is 9.53 Å². The van der Waals surface area contributed by atoms with Gasteiger partial charge in [-0.1, -0.05) is 0 Å². The SMILES string of the molecule is CC(C)(C)OC(=O)N1CC(C(N)c2ncn[nH]2)C1.O=C(O)C(F)(F)F. The number of hydrogen-bond acceptors (Lipinski definition) is 6. The zero-order valence-electron chi connectivity index (χ0n) is 13.9. The Morgan fingerprint density at radius 2 is 1.92 bits per heavy atom. The molecule has 0 bridgehead atoms. The van der Waals surface area contributed by atoms with Crippen LogP contribution in [0.25, 0.3) is 0 Å². The van der Waals surface area contributed by atoms with Crippen molar-refractivity contribution < 1.29 is 32.6 Å². The van der Waals surface area contributed by atoms with Gasteiger partial charge in [-0.25, -0.2) is 14.6 Å². The lowest BCUT2D eigenvalue weighted by Crippen LogP contribution is -2.54. The number of H-pyrrole nitrogens is 1. The van der Waals surface area contributed by atoms with E-state index in [4.69, 9.17) is 20.4 Å². The Kier molecular flexibility index (Phi) is 6.35. The normalized spacial score (nSPS) is 16.4. The van der Waals surface area contributed by atoms with Gasteiger partial charge in [0.15, 0.2) is 0 Å². The first kappa shape index (κ1) is 20.7. The van der Waals surface area contributed by atoms with E-state index in [1.165, 1.54) is 6.33 Å². The molecule has 0 saturated carbocycles. The van der Waals surface area contributed by atoms with Crippen LogP contribution in [0.3, 0.4) is 0 Å². The molecule has 0 aromatic carbocycles. The molecule has 0 spiro atoms. The van der Waals surface area contributed by atoms with Gasteiger partial charge in [0, 0.05) is 19.0 Å². The fourth-order valence-corrected chi connectivity index (χ4v) is 1.81. The van der Waals surface area contributed by atoms with E-state index in [9.17, 15) is 18.0 Å². The molecule has 2 heterocycles. The second-order valence-corrected chi connectivity index (χ2v) is 6.34. The summed E-state index contributed by atoms with van der Waals surface area (Å²) in [6.45, 7) is 6.74. The first-order chi connectivity index (χ1) is 11.3. The van der Waals surface area contributed by atoms with Gasteiger partial charge in [0.25, 0.3) is 0 Å². The summed E-state index contributed by atoms with van der Waals surface area (Å²) < 4.78 is 37.0. The van der Waals surface area contributed by atoms with E-state index in [0.29, 0.717) is 18.9 Å². The topological polar surface area (TPSA) is 134 Å². The third kappa shape index (κ3) is 6.57. The summed E-state index contributed by atoms with van der Waals surface area (Å²) in [4.78, 5) is 26.3. The highest BCUT2D eigenvalue weighted by molar-refractivity contribution is 5.73. The standard InChI is InChI=1S/C11H19N5O2.C2HF3O2/c1-11(2,3)18-10(17)16-4-7(5-16)8(12)9-13-6-14-15-9;3-2(4,5)1(6)7/h6-8H,4-5,12H2,1-3H3,(H,13,14,15);(H,6,7). The molecule has 1 aromatic rings. The van der Waals surface area contributed by atoms with Crippen molar-refractivity contribution in [3.05, 3.63) is 12.2 Å². The Bertz CT molecular complexity index is 579. The molecule has 9 nitrogen and oxygen atoms in total. The van der Waals surface area contributed by atoms with E-state index in [0.717, 1.165) is 0 Å². The minimum Gasteiger partial charge on any atom is -0.475 e. The average Bonchev–Trinajstić information content (AvgIpc) is 2.87. The number of aliphatic carboxylic acids is 1. The van der Waals surface area contributed by atoms with Crippen LogP contribution in [0.2, 0.25) is 0 Å². The number of rotatable bonds is 2. The maximum absolute atomic E-state index is 11.7. The summed E-state index contributed by atoms with van der Waals surface area (Å²) in [5, 5.41) is 13.6. The van der Waals surface area contributed by atoms with Gasteiger partial charge in [-0.3, -0.25) is 5.10 Å². The summed E-state index contributed by atoms with van der Waals surface area (Å²) in [5.41, 5.74) is 5.56. The van der Waals surface area contributed by atoms with Gasteiger partial charge in [0.2, 0.25) is 0 Å².